The van der Waals surface area contributed by atoms with Crippen LogP contribution >= 0.6 is 11.8 Å². The Morgan fingerprint density at radius 3 is 1.63 bits per heavy atom. The van der Waals surface area contributed by atoms with Gasteiger partial charge in [-0.3, -0.25) is 0 Å². The molecule has 3 rings (SSSR count). The Labute approximate surface area is 166 Å². The topological polar surface area (TPSA) is 55.5 Å². The molecule has 0 amide bonds. The van der Waals surface area contributed by atoms with Crippen molar-refractivity contribution in [2.45, 2.75) is 4.75 Å². The van der Waals surface area contributed by atoms with Crippen LogP contribution in [0.1, 0.15) is 16.7 Å². The van der Waals surface area contributed by atoms with Gasteiger partial charge in [-0.1, -0.05) is 72.8 Å². The number of methoxy groups -OCH3 is 1. The minimum Gasteiger partial charge on any atom is -0.497 e. The van der Waals surface area contributed by atoms with E-state index in [-0.39, 0.29) is 11.4 Å². The lowest BCUT2D eigenvalue weighted by molar-refractivity contribution is 0.322. The molecular formula is C23H27NO2S. The van der Waals surface area contributed by atoms with Crippen molar-refractivity contribution in [1.82, 2.24) is 0 Å². The van der Waals surface area contributed by atoms with Crippen LogP contribution in [0.2, 0.25) is 0 Å². The standard InChI is InChI=1S/C22H22O2S.CH5N/c1-24-21-14-12-20(13-15-21)22(25-17-16-23,18-8-4-2-5-9-18)19-10-6-3-7-11-19;1-2/h2-15,23H,16-17H2,1H3;2H2,1H3. The summed E-state index contributed by atoms with van der Waals surface area (Å²) >= 11 is 1.75. The van der Waals surface area contributed by atoms with Crippen LogP contribution in [0.25, 0.3) is 0 Å². The molecule has 27 heavy (non-hydrogen) atoms. The fraction of sp³-hybridized carbons (Fsp3) is 0.217. The zero-order valence-electron chi connectivity index (χ0n) is 15.8. The predicted octanol–water partition coefficient (Wildman–Crippen LogP) is 4.29. The fourth-order valence-electron chi connectivity index (χ4n) is 3.12. The number of hydrogen-bond acceptors (Lipinski definition) is 4. The molecule has 0 fully saturated rings. The van der Waals surface area contributed by atoms with Gasteiger partial charge in [-0.2, -0.15) is 0 Å². The van der Waals surface area contributed by atoms with Gasteiger partial charge in [-0.25, -0.2) is 0 Å². The highest BCUT2D eigenvalue weighted by Crippen LogP contribution is 2.48. The van der Waals surface area contributed by atoms with Gasteiger partial charge in [0.2, 0.25) is 0 Å². The Bertz CT molecular complexity index is 737. The Hall–Kier alpha value is -2.27. The number of nitrogens with two attached hydrogens (primary N) is 1. The summed E-state index contributed by atoms with van der Waals surface area (Å²) in [6.07, 6.45) is 0. The van der Waals surface area contributed by atoms with Crippen LogP contribution in [-0.2, 0) is 4.75 Å². The summed E-state index contributed by atoms with van der Waals surface area (Å²) in [6, 6.07) is 29.2. The normalized spacial score (nSPS) is 10.7. The first-order valence-corrected chi connectivity index (χ1v) is 9.88. The van der Waals surface area contributed by atoms with Crippen molar-refractivity contribution >= 4 is 11.8 Å². The third-order valence-corrected chi connectivity index (χ3v) is 5.79. The fourth-order valence-corrected chi connectivity index (χ4v) is 4.43. The van der Waals surface area contributed by atoms with Crippen LogP contribution < -0.4 is 10.5 Å². The predicted molar refractivity (Wildman–Crippen MR) is 115 cm³/mol. The quantitative estimate of drug-likeness (QED) is 0.600. The van der Waals surface area contributed by atoms with Crippen molar-refractivity contribution in [2.24, 2.45) is 5.73 Å². The van der Waals surface area contributed by atoms with E-state index in [1.165, 1.54) is 23.7 Å². The number of aliphatic hydroxyl groups excluding tert-OH is 1. The van der Waals surface area contributed by atoms with Gasteiger partial charge in [0.15, 0.2) is 0 Å². The second-order valence-corrected chi connectivity index (χ2v) is 7.02. The van der Waals surface area contributed by atoms with Crippen LogP contribution in [0.4, 0.5) is 0 Å². The smallest absolute Gasteiger partial charge is 0.118 e. The highest BCUT2D eigenvalue weighted by molar-refractivity contribution is 8.00. The lowest BCUT2D eigenvalue weighted by atomic mass is 9.84. The van der Waals surface area contributed by atoms with Crippen LogP contribution in [0.5, 0.6) is 5.75 Å². The highest BCUT2D eigenvalue weighted by atomic mass is 32.2. The van der Waals surface area contributed by atoms with Crippen LogP contribution in [0, 0.1) is 0 Å². The van der Waals surface area contributed by atoms with Gasteiger partial charge in [0.05, 0.1) is 18.5 Å². The lowest BCUT2D eigenvalue weighted by Crippen LogP contribution is -2.26. The van der Waals surface area contributed by atoms with Crippen molar-refractivity contribution in [1.29, 1.82) is 0 Å². The molecule has 0 aliphatic rings. The summed E-state index contributed by atoms with van der Waals surface area (Å²) < 4.78 is 4.95. The largest absolute Gasteiger partial charge is 0.497 e. The Kier molecular flexibility index (Phi) is 8.40. The molecule has 0 radical (unpaired) electrons. The average molecular weight is 382 g/mol. The molecule has 3 aromatic carbocycles. The molecule has 0 spiro atoms. The van der Waals surface area contributed by atoms with Crippen LogP contribution in [0.3, 0.4) is 0 Å². The number of aliphatic hydroxyl groups is 1. The molecule has 0 heterocycles. The molecule has 3 N–H and O–H groups in total. The molecule has 0 saturated carbocycles. The van der Waals surface area contributed by atoms with Crippen molar-refractivity contribution in [3.05, 3.63) is 102 Å². The number of ether oxygens (including phenoxy) is 1. The molecule has 0 unspecified atom stereocenters. The van der Waals surface area contributed by atoms with Gasteiger partial charge in [0.1, 0.15) is 5.75 Å². The zero-order chi connectivity index (χ0) is 19.5. The molecule has 0 saturated heterocycles. The summed E-state index contributed by atoms with van der Waals surface area (Å²) in [6.45, 7) is 0.141. The molecule has 4 heteroatoms. The number of benzene rings is 3. The molecule has 0 aliphatic carbocycles. The van der Waals surface area contributed by atoms with Gasteiger partial charge in [-0.05, 0) is 35.9 Å². The molecule has 3 nitrogen and oxygen atoms in total. The van der Waals surface area contributed by atoms with E-state index in [9.17, 15) is 5.11 Å². The molecule has 0 bridgehead atoms. The van der Waals surface area contributed by atoms with Gasteiger partial charge in [-0.15, -0.1) is 11.8 Å². The number of hydrogen-bond donors (Lipinski definition) is 2. The minimum atomic E-state index is -0.377. The van der Waals surface area contributed by atoms with Gasteiger partial charge in [0.25, 0.3) is 0 Å². The molecule has 3 aromatic rings. The second kappa shape index (κ2) is 10.8. The first kappa shape index (κ1) is 21.0. The number of rotatable bonds is 7. The first-order valence-electron chi connectivity index (χ1n) is 8.89. The Morgan fingerprint density at radius 2 is 1.22 bits per heavy atom. The Morgan fingerprint density at radius 1 is 0.778 bits per heavy atom. The lowest BCUT2D eigenvalue weighted by Gasteiger charge is -2.35. The van der Waals surface area contributed by atoms with E-state index in [4.69, 9.17) is 4.74 Å². The van der Waals surface area contributed by atoms with Crippen molar-refractivity contribution in [3.63, 3.8) is 0 Å². The zero-order valence-corrected chi connectivity index (χ0v) is 16.7. The van der Waals surface area contributed by atoms with E-state index in [0.29, 0.717) is 5.75 Å². The monoisotopic (exact) mass is 381 g/mol. The van der Waals surface area contributed by atoms with E-state index in [0.717, 1.165) is 5.75 Å². The maximum absolute atomic E-state index is 9.51. The van der Waals surface area contributed by atoms with E-state index in [1.54, 1.807) is 18.9 Å². The van der Waals surface area contributed by atoms with Gasteiger partial charge >= 0.3 is 0 Å². The Balaban J connectivity index is 0.00000126. The first-order chi connectivity index (χ1) is 13.3. The maximum atomic E-state index is 9.51. The molecule has 142 valence electrons. The molecule has 0 aliphatic heterocycles. The third kappa shape index (κ3) is 4.72. The van der Waals surface area contributed by atoms with Crippen LogP contribution in [-0.4, -0.2) is 31.6 Å². The van der Waals surface area contributed by atoms with E-state index in [1.807, 2.05) is 24.3 Å². The van der Waals surface area contributed by atoms with Crippen LogP contribution in [0.15, 0.2) is 84.9 Å². The molecule has 0 atom stereocenters. The SMILES string of the molecule is CN.COc1ccc(C(SCCO)(c2ccccc2)c2ccccc2)cc1. The minimum absolute atomic E-state index is 0.141. The van der Waals surface area contributed by atoms with Crippen molar-refractivity contribution in [2.75, 3.05) is 26.5 Å². The molecular weight excluding hydrogens is 354 g/mol. The average Bonchev–Trinajstić information content (AvgIpc) is 2.77. The number of thioether (sulfide) groups is 1. The van der Waals surface area contributed by atoms with Gasteiger partial charge < -0.3 is 15.6 Å². The summed E-state index contributed by atoms with van der Waals surface area (Å²) in [7, 11) is 3.18. The van der Waals surface area contributed by atoms with Crippen molar-refractivity contribution in [3.8, 4) is 5.75 Å². The summed E-state index contributed by atoms with van der Waals surface area (Å²) in [5.74, 6) is 1.49. The van der Waals surface area contributed by atoms with Crippen molar-refractivity contribution < 1.29 is 9.84 Å². The van der Waals surface area contributed by atoms with Gasteiger partial charge in [0, 0.05) is 5.75 Å². The highest BCUT2D eigenvalue weighted by Gasteiger charge is 2.36. The van der Waals surface area contributed by atoms with E-state index < -0.39 is 0 Å². The summed E-state index contributed by atoms with van der Waals surface area (Å²) in [5, 5.41) is 9.51. The maximum Gasteiger partial charge on any atom is 0.118 e. The van der Waals surface area contributed by atoms with E-state index in [2.05, 4.69) is 66.4 Å². The second-order valence-electron chi connectivity index (χ2n) is 5.71. The summed E-state index contributed by atoms with van der Waals surface area (Å²) in [5.41, 5.74) is 8.07. The third-order valence-electron chi connectivity index (χ3n) is 4.27. The molecule has 0 aromatic heterocycles. The summed E-state index contributed by atoms with van der Waals surface area (Å²) in [4.78, 5) is 0. The van der Waals surface area contributed by atoms with E-state index >= 15 is 0 Å².